The van der Waals surface area contributed by atoms with Crippen molar-refractivity contribution in [3.63, 3.8) is 0 Å². The molecule has 1 aromatic heterocycles. The molecular weight excluding hydrogens is 348 g/mol. The second-order valence-corrected chi connectivity index (χ2v) is 12.5. The van der Waals surface area contributed by atoms with Crippen molar-refractivity contribution in [2.75, 3.05) is 26.1 Å². The highest BCUT2D eigenvalue weighted by Gasteiger charge is 2.24. The van der Waals surface area contributed by atoms with Crippen molar-refractivity contribution in [2.45, 2.75) is 32.4 Å². The lowest BCUT2D eigenvalue weighted by Gasteiger charge is -2.16. The molecule has 0 aliphatic carbocycles. The number of carbonyl (C=O) groups is 1. The summed E-state index contributed by atoms with van der Waals surface area (Å²) in [6.07, 6.45) is 0. The van der Waals surface area contributed by atoms with E-state index in [1.807, 2.05) is 0 Å². The minimum Gasteiger partial charge on any atom is -0.465 e. The zero-order chi connectivity index (χ0) is 18.8. The third-order valence-electron chi connectivity index (χ3n) is 3.76. The number of ether oxygens (including phenoxy) is 2. The summed E-state index contributed by atoms with van der Waals surface area (Å²) >= 11 is 0. The molecule has 25 heavy (non-hydrogen) atoms. The molecule has 0 atom stereocenters. The van der Waals surface area contributed by atoms with E-state index in [1.54, 1.807) is 7.05 Å². The predicted molar refractivity (Wildman–Crippen MR) is 94.6 cm³/mol. The number of methoxy groups -OCH3 is 1. The number of esters is 1. The maximum Gasteiger partial charge on any atom is 0.340 e. The van der Waals surface area contributed by atoms with Crippen LogP contribution in [-0.2, 0) is 16.2 Å². The number of nitrogens with one attached hydrogen (secondary N) is 1. The summed E-state index contributed by atoms with van der Waals surface area (Å²) in [5.41, 5.74) is -0.194. The molecule has 2 rings (SSSR count). The number of hydrogen-bond acceptors (Lipinski definition) is 5. The molecule has 0 spiro atoms. The van der Waals surface area contributed by atoms with Crippen LogP contribution in [0.1, 0.15) is 10.4 Å². The molecule has 0 unspecified atom stereocenters. The van der Waals surface area contributed by atoms with Gasteiger partial charge in [0, 0.05) is 21.7 Å². The molecule has 0 bridgehead atoms. The quantitative estimate of drug-likeness (QED) is 0.459. The summed E-state index contributed by atoms with van der Waals surface area (Å²) < 4.78 is 39.8. The molecule has 138 valence electrons. The number of carbonyl (C=O) groups excluding carboxylic acids is 1. The number of imidazole rings is 1. The lowest BCUT2D eigenvalue weighted by molar-refractivity contribution is 0.0600. The number of rotatable bonds is 7. The van der Waals surface area contributed by atoms with Gasteiger partial charge in [-0.2, -0.15) is 0 Å². The van der Waals surface area contributed by atoms with Crippen molar-refractivity contribution in [1.82, 2.24) is 9.55 Å². The molecule has 1 N–H and O–H groups in total. The first-order valence-corrected chi connectivity index (χ1v) is 11.6. The van der Waals surface area contributed by atoms with Crippen LogP contribution in [-0.4, -0.2) is 44.4 Å². The van der Waals surface area contributed by atoms with Gasteiger partial charge in [-0.1, -0.05) is 19.6 Å². The highest BCUT2D eigenvalue weighted by Crippen LogP contribution is 2.28. The van der Waals surface area contributed by atoms with E-state index >= 15 is 0 Å². The number of nitrogens with zero attached hydrogens (tertiary/aromatic N) is 2. The maximum absolute atomic E-state index is 14.2. The molecule has 0 saturated heterocycles. The SMILES string of the molecule is CNc1nc2c(F)c(F)cc(C(=O)OC)c2n1COCC[Si](C)(C)C. The fraction of sp³-hybridized carbons (Fsp3) is 0.500. The van der Waals surface area contributed by atoms with Gasteiger partial charge in [0.2, 0.25) is 5.95 Å². The standard InChI is InChI=1S/C16H23F2N3O3Si/c1-19-16-20-13-12(18)11(17)8-10(15(22)23-2)14(13)21(16)9-24-6-7-25(3,4)5/h8H,6-7,9H2,1-5H3,(H,19,20). The van der Waals surface area contributed by atoms with Crippen LogP contribution in [0.3, 0.4) is 0 Å². The molecular formula is C16H23F2N3O3Si. The van der Waals surface area contributed by atoms with Crippen LogP contribution >= 0.6 is 0 Å². The molecule has 6 nitrogen and oxygen atoms in total. The summed E-state index contributed by atoms with van der Waals surface area (Å²) in [5.74, 6) is -2.76. The first-order valence-electron chi connectivity index (χ1n) is 7.91. The first kappa shape index (κ1) is 19.3. The molecule has 0 aliphatic rings. The topological polar surface area (TPSA) is 65.4 Å². The Balaban J connectivity index is 2.46. The second kappa shape index (κ2) is 7.48. The normalized spacial score (nSPS) is 11.8. The van der Waals surface area contributed by atoms with Crippen LogP contribution in [0.4, 0.5) is 14.7 Å². The Morgan fingerprint density at radius 2 is 2.04 bits per heavy atom. The van der Waals surface area contributed by atoms with Crippen LogP contribution in [0.15, 0.2) is 6.07 Å². The third-order valence-corrected chi connectivity index (χ3v) is 5.46. The van der Waals surface area contributed by atoms with Gasteiger partial charge in [0.05, 0.1) is 18.2 Å². The zero-order valence-electron chi connectivity index (χ0n) is 15.1. The molecule has 1 heterocycles. The second-order valence-electron chi connectivity index (χ2n) is 6.87. The monoisotopic (exact) mass is 371 g/mol. The summed E-state index contributed by atoms with van der Waals surface area (Å²) in [6, 6.07) is 1.78. The van der Waals surface area contributed by atoms with Gasteiger partial charge in [-0.05, 0) is 12.1 Å². The van der Waals surface area contributed by atoms with Crippen LogP contribution < -0.4 is 5.32 Å². The van der Waals surface area contributed by atoms with Crippen molar-refractivity contribution in [3.05, 3.63) is 23.3 Å². The van der Waals surface area contributed by atoms with Gasteiger partial charge in [-0.15, -0.1) is 0 Å². The number of hydrogen-bond donors (Lipinski definition) is 1. The van der Waals surface area contributed by atoms with Gasteiger partial charge in [0.1, 0.15) is 12.2 Å². The van der Waals surface area contributed by atoms with E-state index in [9.17, 15) is 13.6 Å². The van der Waals surface area contributed by atoms with E-state index in [4.69, 9.17) is 4.74 Å². The van der Waals surface area contributed by atoms with Gasteiger partial charge in [0.25, 0.3) is 0 Å². The van der Waals surface area contributed by atoms with Crippen LogP contribution in [0.5, 0.6) is 0 Å². The Kier molecular flexibility index (Phi) is 5.78. The molecule has 0 fully saturated rings. The van der Waals surface area contributed by atoms with Gasteiger partial charge in [-0.3, -0.25) is 4.57 Å². The summed E-state index contributed by atoms with van der Waals surface area (Å²) in [7, 11) is 1.53. The van der Waals surface area contributed by atoms with Gasteiger partial charge in [0.15, 0.2) is 11.6 Å². The van der Waals surface area contributed by atoms with Crippen molar-refractivity contribution >= 4 is 31.0 Å². The Bertz CT molecular complexity index is 787. The first-order chi connectivity index (χ1) is 11.7. The average molecular weight is 371 g/mol. The molecule has 0 radical (unpaired) electrons. The lowest BCUT2D eigenvalue weighted by Crippen LogP contribution is -2.22. The van der Waals surface area contributed by atoms with Crippen LogP contribution in [0, 0.1) is 11.6 Å². The van der Waals surface area contributed by atoms with Crippen molar-refractivity contribution in [2.24, 2.45) is 0 Å². The zero-order valence-corrected chi connectivity index (χ0v) is 16.1. The predicted octanol–water partition coefficient (Wildman–Crippen LogP) is 3.46. The molecule has 9 heteroatoms. The molecule has 0 aliphatic heterocycles. The number of anilines is 1. The molecule has 2 aromatic rings. The fourth-order valence-corrected chi connectivity index (χ4v) is 3.12. The minimum absolute atomic E-state index is 0.0617. The van der Waals surface area contributed by atoms with Crippen molar-refractivity contribution in [1.29, 1.82) is 0 Å². The van der Waals surface area contributed by atoms with E-state index < -0.39 is 25.7 Å². The van der Waals surface area contributed by atoms with E-state index in [2.05, 4.69) is 34.7 Å². The highest BCUT2D eigenvalue weighted by atomic mass is 28.3. The number of halogens is 2. The Morgan fingerprint density at radius 1 is 1.36 bits per heavy atom. The fourth-order valence-electron chi connectivity index (χ4n) is 2.37. The van der Waals surface area contributed by atoms with Gasteiger partial charge >= 0.3 is 5.97 Å². The van der Waals surface area contributed by atoms with E-state index in [0.29, 0.717) is 6.61 Å². The Morgan fingerprint density at radius 3 is 2.60 bits per heavy atom. The van der Waals surface area contributed by atoms with E-state index in [0.717, 1.165) is 12.1 Å². The largest absolute Gasteiger partial charge is 0.465 e. The Hall–Kier alpha value is -2.00. The van der Waals surface area contributed by atoms with Gasteiger partial charge in [-0.25, -0.2) is 18.6 Å². The van der Waals surface area contributed by atoms with Gasteiger partial charge < -0.3 is 14.8 Å². The number of aromatic nitrogens is 2. The number of fused-ring (bicyclic) bond motifs is 1. The van der Waals surface area contributed by atoms with Crippen molar-refractivity contribution in [3.8, 4) is 0 Å². The molecule has 1 aromatic carbocycles. The van der Waals surface area contributed by atoms with Crippen LogP contribution in [0.2, 0.25) is 25.7 Å². The lowest BCUT2D eigenvalue weighted by atomic mass is 10.1. The molecule has 0 amide bonds. The minimum atomic E-state index is -1.26. The van der Waals surface area contributed by atoms with Crippen LogP contribution in [0.25, 0.3) is 11.0 Å². The smallest absolute Gasteiger partial charge is 0.340 e. The summed E-state index contributed by atoms with van der Waals surface area (Å²) in [6.45, 7) is 7.29. The molecule has 0 saturated carbocycles. The summed E-state index contributed by atoms with van der Waals surface area (Å²) in [5, 5.41) is 2.81. The maximum atomic E-state index is 14.2. The van der Waals surface area contributed by atoms with E-state index in [-0.39, 0.29) is 29.3 Å². The third kappa shape index (κ3) is 4.16. The van der Waals surface area contributed by atoms with Crippen molar-refractivity contribution < 1.29 is 23.0 Å². The number of benzene rings is 1. The summed E-state index contributed by atoms with van der Waals surface area (Å²) in [4.78, 5) is 16.0. The Labute approximate surface area is 146 Å². The average Bonchev–Trinajstić information content (AvgIpc) is 2.92. The van der Waals surface area contributed by atoms with E-state index in [1.165, 1.54) is 11.7 Å². The highest BCUT2D eigenvalue weighted by molar-refractivity contribution is 6.76.